The first-order valence-electron chi connectivity index (χ1n) is 11.5. The fourth-order valence-electron chi connectivity index (χ4n) is 5.29. The summed E-state index contributed by atoms with van der Waals surface area (Å²) in [6, 6.07) is 13.0. The number of hydrogen-bond donors (Lipinski definition) is 2. The maximum Gasteiger partial charge on any atom is 0.118 e. The van der Waals surface area contributed by atoms with Gasteiger partial charge in [-0.05, 0) is 86.3 Å². The van der Waals surface area contributed by atoms with E-state index >= 15 is 0 Å². The summed E-state index contributed by atoms with van der Waals surface area (Å²) >= 11 is 0. The molecule has 0 amide bonds. The number of aryl methyl sites for hydroxylation is 3. The Labute approximate surface area is 177 Å². The van der Waals surface area contributed by atoms with Crippen molar-refractivity contribution in [2.45, 2.75) is 96.5 Å². The van der Waals surface area contributed by atoms with Gasteiger partial charge in [-0.25, -0.2) is 0 Å². The lowest BCUT2D eigenvalue weighted by atomic mass is 9.69. The zero-order chi connectivity index (χ0) is 21.1. The lowest BCUT2D eigenvalue weighted by Crippen LogP contribution is -2.31. The Bertz CT molecular complexity index is 826. The number of phenols is 1. The minimum atomic E-state index is -0.455. The number of benzene rings is 2. The van der Waals surface area contributed by atoms with Crippen LogP contribution >= 0.6 is 0 Å². The van der Waals surface area contributed by atoms with Gasteiger partial charge in [-0.15, -0.1) is 0 Å². The fourth-order valence-corrected chi connectivity index (χ4v) is 5.29. The summed E-state index contributed by atoms with van der Waals surface area (Å²) in [6.07, 6.45) is 9.37. The van der Waals surface area contributed by atoms with Crippen LogP contribution in [0.1, 0.15) is 93.0 Å². The Morgan fingerprint density at radius 3 is 2.00 bits per heavy atom. The standard InChI is InChI=1S/C27H38O2/c1-5-27(6-2,24-12-13-25(28)21(4)19-24)23-11-10-22(20(3)18-23)14-17-26(29)15-8-7-9-16-26/h10-13,18-19,28-29H,5-9,14-17H2,1-4H3. The van der Waals surface area contributed by atoms with E-state index in [4.69, 9.17) is 0 Å². The van der Waals surface area contributed by atoms with Crippen LogP contribution in [0.2, 0.25) is 0 Å². The molecule has 0 unspecified atom stereocenters. The number of phenolic OH excluding ortho intramolecular Hbond substituents is 1. The van der Waals surface area contributed by atoms with E-state index in [0.717, 1.165) is 56.9 Å². The van der Waals surface area contributed by atoms with Crippen molar-refractivity contribution >= 4 is 0 Å². The summed E-state index contributed by atoms with van der Waals surface area (Å²) in [6.45, 7) is 8.70. The molecule has 2 aromatic carbocycles. The average Bonchev–Trinajstić information content (AvgIpc) is 2.72. The molecule has 0 heterocycles. The lowest BCUT2D eigenvalue weighted by molar-refractivity contribution is -0.00344. The number of aliphatic hydroxyl groups is 1. The van der Waals surface area contributed by atoms with Gasteiger partial charge >= 0.3 is 0 Å². The van der Waals surface area contributed by atoms with Crippen LogP contribution < -0.4 is 0 Å². The van der Waals surface area contributed by atoms with Crippen molar-refractivity contribution in [1.29, 1.82) is 0 Å². The van der Waals surface area contributed by atoms with E-state index in [1.54, 1.807) is 0 Å². The van der Waals surface area contributed by atoms with E-state index < -0.39 is 5.60 Å². The number of aromatic hydroxyl groups is 1. The first-order valence-corrected chi connectivity index (χ1v) is 11.5. The summed E-state index contributed by atoms with van der Waals surface area (Å²) in [5.41, 5.74) is 5.75. The highest BCUT2D eigenvalue weighted by Gasteiger charge is 2.32. The Balaban J connectivity index is 1.86. The predicted molar refractivity (Wildman–Crippen MR) is 122 cm³/mol. The van der Waals surface area contributed by atoms with Crippen molar-refractivity contribution in [2.24, 2.45) is 0 Å². The van der Waals surface area contributed by atoms with Gasteiger partial charge in [0.05, 0.1) is 5.60 Å². The van der Waals surface area contributed by atoms with Gasteiger partial charge in [-0.1, -0.05) is 63.4 Å². The van der Waals surface area contributed by atoms with Gasteiger partial charge in [-0.3, -0.25) is 0 Å². The minimum Gasteiger partial charge on any atom is -0.508 e. The highest BCUT2D eigenvalue weighted by Crippen LogP contribution is 2.41. The summed E-state index contributed by atoms with van der Waals surface area (Å²) in [7, 11) is 0. The molecular formula is C27H38O2. The van der Waals surface area contributed by atoms with E-state index in [9.17, 15) is 10.2 Å². The normalized spacial score (nSPS) is 16.7. The van der Waals surface area contributed by atoms with Gasteiger partial charge in [0, 0.05) is 5.41 Å². The van der Waals surface area contributed by atoms with Crippen LogP contribution in [-0.2, 0) is 11.8 Å². The third kappa shape index (κ3) is 4.53. The second-order valence-corrected chi connectivity index (χ2v) is 9.22. The largest absolute Gasteiger partial charge is 0.508 e. The Morgan fingerprint density at radius 2 is 1.45 bits per heavy atom. The summed E-state index contributed by atoms with van der Waals surface area (Å²) < 4.78 is 0. The second kappa shape index (κ2) is 8.92. The number of rotatable bonds is 7. The molecule has 0 radical (unpaired) electrons. The van der Waals surface area contributed by atoms with Crippen LogP contribution in [0.5, 0.6) is 5.75 Å². The van der Waals surface area contributed by atoms with Crippen molar-refractivity contribution in [3.63, 3.8) is 0 Å². The second-order valence-electron chi connectivity index (χ2n) is 9.22. The molecule has 3 rings (SSSR count). The SMILES string of the molecule is CCC(CC)(c1ccc(O)c(C)c1)c1ccc(CCC2(O)CCCCC2)c(C)c1. The van der Waals surface area contributed by atoms with E-state index in [2.05, 4.69) is 51.1 Å². The molecule has 0 atom stereocenters. The van der Waals surface area contributed by atoms with Crippen LogP contribution in [0.25, 0.3) is 0 Å². The molecule has 0 aromatic heterocycles. The quantitative estimate of drug-likeness (QED) is 0.546. The molecule has 2 N–H and O–H groups in total. The molecule has 1 saturated carbocycles. The maximum atomic E-state index is 10.9. The van der Waals surface area contributed by atoms with Gasteiger partial charge in [0.2, 0.25) is 0 Å². The van der Waals surface area contributed by atoms with Crippen molar-refractivity contribution in [1.82, 2.24) is 0 Å². The van der Waals surface area contributed by atoms with Crippen LogP contribution in [0, 0.1) is 13.8 Å². The maximum absolute atomic E-state index is 10.9. The molecule has 1 aliphatic carbocycles. The highest BCUT2D eigenvalue weighted by molar-refractivity contribution is 5.46. The molecule has 2 aromatic rings. The number of hydrogen-bond acceptors (Lipinski definition) is 2. The molecule has 1 fully saturated rings. The molecule has 2 heteroatoms. The van der Waals surface area contributed by atoms with Crippen LogP contribution in [0.3, 0.4) is 0 Å². The summed E-state index contributed by atoms with van der Waals surface area (Å²) in [4.78, 5) is 0. The smallest absolute Gasteiger partial charge is 0.118 e. The fraction of sp³-hybridized carbons (Fsp3) is 0.556. The van der Waals surface area contributed by atoms with Crippen LogP contribution in [-0.4, -0.2) is 15.8 Å². The van der Waals surface area contributed by atoms with Gasteiger partial charge in [-0.2, -0.15) is 0 Å². The van der Waals surface area contributed by atoms with Crippen molar-refractivity contribution in [2.75, 3.05) is 0 Å². The monoisotopic (exact) mass is 394 g/mol. The molecule has 0 bridgehead atoms. The van der Waals surface area contributed by atoms with E-state index in [1.165, 1.54) is 28.7 Å². The zero-order valence-electron chi connectivity index (χ0n) is 18.7. The molecule has 29 heavy (non-hydrogen) atoms. The molecule has 0 saturated heterocycles. The van der Waals surface area contributed by atoms with Crippen LogP contribution in [0.4, 0.5) is 0 Å². The molecule has 2 nitrogen and oxygen atoms in total. The Morgan fingerprint density at radius 1 is 0.862 bits per heavy atom. The van der Waals surface area contributed by atoms with Gasteiger partial charge in [0.1, 0.15) is 5.75 Å². The predicted octanol–water partition coefficient (Wildman–Crippen LogP) is 6.74. The highest BCUT2D eigenvalue weighted by atomic mass is 16.3. The summed E-state index contributed by atoms with van der Waals surface area (Å²) in [5.74, 6) is 0.363. The first kappa shape index (κ1) is 21.9. The molecule has 0 spiro atoms. The third-order valence-electron chi connectivity index (χ3n) is 7.50. The van der Waals surface area contributed by atoms with E-state index in [1.807, 2.05) is 13.0 Å². The molecule has 158 valence electrons. The van der Waals surface area contributed by atoms with Gasteiger partial charge < -0.3 is 10.2 Å². The Kier molecular flexibility index (Phi) is 6.73. The van der Waals surface area contributed by atoms with E-state index in [0.29, 0.717) is 5.75 Å². The third-order valence-corrected chi connectivity index (χ3v) is 7.50. The lowest BCUT2D eigenvalue weighted by Gasteiger charge is -2.34. The summed E-state index contributed by atoms with van der Waals surface area (Å²) in [5, 5.41) is 20.8. The van der Waals surface area contributed by atoms with Gasteiger partial charge in [0.15, 0.2) is 0 Å². The zero-order valence-corrected chi connectivity index (χ0v) is 18.7. The van der Waals surface area contributed by atoms with Crippen molar-refractivity contribution in [3.8, 4) is 5.75 Å². The van der Waals surface area contributed by atoms with Gasteiger partial charge in [0.25, 0.3) is 0 Å². The minimum absolute atomic E-state index is 0.0384. The first-order chi connectivity index (χ1) is 13.8. The van der Waals surface area contributed by atoms with Crippen LogP contribution in [0.15, 0.2) is 36.4 Å². The molecular weight excluding hydrogens is 356 g/mol. The Hall–Kier alpha value is -1.80. The molecule has 1 aliphatic rings. The van der Waals surface area contributed by atoms with Crippen molar-refractivity contribution < 1.29 is 10.2 Å². The topological polar surface area (TPSA) is 40.5 Å². The van der Waals surface area contributed by atoms with E-state index in [-0.39, 0.29) is 5.41 Å². The molecule has 0 aliphatic heterocycles. The average molecular weight is 395 g/mol. The van der Waals surface area contributed by atoms with Crippen molar-refractivity contribution in [3.05, 3.63) is 64.2 Å².